The third-order valence-electron chi connectivity index (χ3n) is 7.16. The fourth-order valence-corrected chi connectivity index (χ4v) is 5.23. The molecule has 0 spiro atoms. The lowest BCUT2D eigenvalue weighted by molar-refractivity contribution is 0.154. The van der Waals surface area contributed by atoms with Gasteiger partial charge in [-0.3, -0.25) is 10.1 Å². The van der Waals surface area contributed by atoms with Gasteiger partial charge in [-0.1, -0.05) is 30.7 Å². The van der Waals surface area contributed by atoms with Crippen molar-refractivity contribution in [1.29, 1.82) is 0 Å². The summed E-state index contributed by atoms with van der Waals surface area (Å²) < 4.78 is 19.7. The van der Waals surface area contributed by atoms with Crippen LogP contribution in [0.4, 0.5) is 4.39 Å². The van der Waals surface area contributed by atoms with E-state index in [1.165, 1.54) is 31.4 Å². The number of nitrogens with zero attached hydrogens (tertiary/aromatic N) is 4. The summed E-state index contributed by atoms with van der Waals surface area (Å²) in [4.78, 5) is 17.6. The largest absolute Gasteiger partial charge is 0.489 e. The lowest BCUT2D eigenvalue weighted by Crippen LogP contribution is -2.19. The molecule has 0 radical (unpaired) electrons. The molecule has 1 fully saturated rings. The highest BCUT2D eigenvalue weighted by Gasteiger charge is 2.18. The number of aromatic nitrogens is 6. The van der Waals surface area contributed by atoms with Gasteiger partial charge in [0.25, 0.3) is 0 Å². The Kier molecular flexibility index (Phi) is 5.57. The minimum atomic E-state index is -0.269. The van der Waals surface area contributed by atoms with Gasteiger partial charge in [0, 0.05) is 17.3 Å². The number of fused-ring (bicyclic) bond motifs is 2. The number of hydrogen-bond donors (Lipinski definition) is 2. The first kappa shape index (κ1) is 22.6. The highest BCUT2D eigenvalue weighted by Crippen LogP contribution is 2.32. The van der Waals surface area contributed by atoms with Crippen molar-refractivity contribution in [3.63, 3.8) is 0 Å². The fourth-order valence-electron chi connectivity index (χ4n) is 5.23. The Hall–Kier alpha value is -4.59. The summed E-state index contributed by atoms with van der Waals surface area (Å²) in [5.41, 5.74) is 7.29. The maximum absolute atomic E-state index is 13.5. The van der Waals surface area contributed by atoms with E-state index in [4.69, 9.17) is 14.7 Å². The second kappa shape index (κ2) is 9.37. The molecule has 0 saturated heterocycles. The molecule has 4 heterocycles. The second-order valence-corrected chi connectivity index (χ2v) is 9.75. The Morgan fingerprint density at radius 1 is 0.816 bits per heavy atom. The predicted octanol–water partition coefficient (Wildman–Crippen LogP) is 7.08. The number of hydrogen-bond acceptors (Lipinski definition) is 5. The zero-order chi connectivity index (χ0) is 25.5. The van der Waals surface area contributed by atoms with Crippen LogP contribution < -0.4 is 4.74 Å². The number of benzene rings is 2. The number of pyridine rings is 2. The molecule has 7 nitrogen and oxygen atoms in total. The lowest BCUT2D eigenvalue weighted by Gasteiger charge is -2.22. The van der Waals surface area contributed by atoms with Crippen molar-refractivity contribution < 1.29 is 9.13 Å². The van der Waals surface area contributed by atoms with Gasteiger partial charge in [-0.15, -0.1) is 0 Å². The van der Waals surface area contributed by atoms with Crippen LogP contribution in [-0.4, -0.2) is 36.2 Å². The first-order valence-electron chi connectivity index (χ1n) is 12.9. The number of H-pyrrole nitrogens is 2. The molecule has 2 N–H and O–H groups in total. The molecule has 2 aromatic carbocycles. The fraction of sp³-hybridized carbons (Fsp3) is 0.200. The quantitative estimate of drug-likeness (QED) is 0.262. The molecule has 0 aliphatic heterocycles. The predicted molar refractivity (Wildman–Crippen MR) is 145 cm³/mol. The number of nitrogens with one attached hydrogen (secondary N) is 2. The van der Waals surface area contributed by atoms with Crippen LogP contribution in [0, 0.1) is 5.82 Å². The minimum Gasteiger partial charge on any atom is -0.489 e. The van der Waals surface area contributed by atoms with Crippen LogP contribution in [0.3, 0.4) is 0 Å². The van der Waals surface area contributed by atoms with Gasteiger partial charge in [-0.2, -0.15) is 5.10 Å². The summed E-state index contributed by atoms with van der Waals surface area (Å²) in [5.74, 6) is 1.11. The normalized spacial score (nSPS) is 14.3. The molecular formula is C30H25FN6O. The molecule has 38 heavy (non-hydrogen) atoms. The topological polar surface area (TPSA) is 92.4 Å². The highest BCUT2D eigenvalue weighted by molar-refractivity contribution is 5.96. The van der Waals surface area contributed by atoms with E-state index in [1.54, 1.807) is 24.5 Å². The van der Waals surface area contributed by atoms with Gasteiger partial charge in [0.05, 0.1) is 34.5 Å². The van der Waals surface area contributed by atoms with Gasteiger partial charge in [0.1, 0.15) is 17.1 Å². The van der Waals surface area contributed by atoms with Gasteiger partial charge >= 0.3 is 0 Å². The smallest absolute Gasteiger partial charge is 0.161 e. The summed E-state index contributed by atoms with van der Waals surface area (Å²) in [7, 11) is 0. The lowest BCUT2D eigenvalue weighted by atomic mass is 9.98. The maximum Gasteiger partial charge on any atom is 0.161 e. The van der Waals surface area contributed by atoms with Gasteiger partial charge < -0.3 is 9.72 Å². The Morgan fingerprint density at radius 3 is 2.55 bits per heavy atom. The first-order chi connectivity index (χ1) is 18.7. The third kappa shape index (κ3) is 4.18. The van der Waals surface area contributed by atoms with Crippen LogP contribution in [0.2, 0.25) is 0 Å². The average molecular weight is 505 g/mol. The maximum atomic E-state index is 13.5. The number of ether oxygens (including phenoxy) is 1. The standard InChI is InChI=1S/C30H25FN6O/c31-20-11-9-18(10-12-20)23-7-4-8-25-27(23)35-30(34-25)29-28-26(36-37-29)14-13-24(33-28)19-15-22(17-32-16-19)38-21-5-2-1-3-6-21/h4,7-17,21H,1-3,5-6H2,(H,34,35)(H,36,37). The van der Waals surface area contributed by atoms with E-state index in [9.17, 15) is 4.39 Å². The summed E-state index contributed by atoms with van der Waals surface area (Å²) >= 11 is 0. The monoisotopic (exact) mass is 504 g/mol. The Balaban J connectivity index is 1.25. The van der Waals surface area contributed by atoms with Crippen molar-refractivity contribution in [2.45, 2.75) is 38.2 Å². The Bertz CT molecular complexity index is 1750. The van der Waals surface area contributed by atoms with Crippen molar-refractivity contribution in [2.75, 3.05) is 0 Å². The van der Waals surface area contributed by atoms with Crippen molar-refractivity contribution in [1.82, 2.24) is 30.1 Å². The van der Waals surface area contributed by atoms with Gasteiger partial charge in [-0.05, 0) is 67.6 Å². The van der Waals surface area contributed by atoms with E-state index in [0.29, 0.717) is 17.0 Å². The van der Waals surface area contributed by atoms with E-state index >= 15 is 0 Å². The van der Waals surface area contributed by atoms with Gasteiger partial charge in [-0.25, -0.2) is 14.4 Å². The number of imidazole rings is 1. The van der Waals surface area contributed by atoms with Crippen molar-refractivity contribution in [3.8, 4) is 39.7 Å². The van der Waals surface area contributed by atoms with Crippen molar-refractivity contribution in [3.05, 3.63) is 78.9 Å². The Morgan fingerprint density at radius 2 is 1.68 bits per heavy atom. The molecule has 1 aliphatic rings. The van der Waals surface area contributed by atoms with Crippen molar-refractivity contribution in [2.24, 2.45) is 0 Å². The van der Waals surface area contributed by atoms with Gasteiger partial charge in [0.2, 0.25) is 0 Å². The minimum absolute atomic E-state index is 0.254. The molecule has 0 amide bonds. The second-order valence-electron chi connectivity index (χ2n) is 9.75. The van der Waals surface area contributed by atoms with E-state index in [2.05, 4.69) is 20.2 Å². The molecule has 1 aliphatic carbocycles. The third-order valence-corrected chi connectivity index (χ3v) is 7.16. The zero-order valence-corrected chi connectivity index (χ0v) is 20.6. The van der Waals surface area contributed by atoms with Crippen molar-refractivity contribution >= 4 is 22.1 Å². The summed E-state index contributed by atoms with van der Waals surface area (Å²) in [6, 6.07) is 18.3. The molecule has 0 atom stereocenters. The van der Waals surface area contributed by atoms with E-state index in [1.807, 2.05) is 36.4 Å². The molecule has 4 aromatic heterocycles. The average Bonchev–Trinajstić information content (AvgIpc) is 3.58. The van der Waals surface area contributed by atoms with Crippen LogP contribution in [0.15, 0.2) is 73.1 Å². The SMILES string of the molecule is Fc1ccc(-c2cccc3[nH]c(-c4n[nH]c5ccc(-c6cncc(OC7CCCCC7)c6)nc45)nc23)cc1. The first-order valence-corrected chi connectivity index (χ1v) is 12.9. The number of para-hydroxylation sites is 1. The van der Waals surface area contributed by atoms with E-state index < -0.39 is 0 Å². The van der Waals surface area contributed by atoms with E-state index in [0.717, 1.165) is 57.5 Å². The van der Waals surface area contributed by atoms with Crippen LogP contribution in [0.5, 0.6) is 5.75 Å². The summed E-state index contributed by atoms with van der Waals surface area (Å²) in [5, 5.41) is 7.61. The summed E-state index contributed by atoms with van der Waals surface area (Å²) in [6.45, 7) is 0. The molecule has 0 unspecified atom stereocenters. The molecule has 0 bridgehead atoms. The Labute approximate surface area is 218 Å². The summed E-state index contributed by atoms with van der Waals surface area (Å²) in [6.07, 6.45) is 9.72. The highest BCUT2D eigenvalue weighted by atomic mass is 19.1. The van der Waals surface area contributed by atoms with E-state index in [-0.39, 0.29) is 11.9 Å². The molecule has 1 saturated carbocycles. The number of rotatable bonds is 5. The number of aromatic amines is 2. The molecule has 6 aromatic rings. The number of halogens is 1. The molecule has 8 heteroatoms. The van der Waals surface area contributed by atoms with Crippen LogP contribution in [-0.2, 0) is 0 Å². The molecule has 7 rings (SSSR count). The molecular weight excluding hydrogens is 479 g/mol. The van der Waals surface area contributed by atoms with Crippen LogP contribution >= 0.6 is 0 Å². The molecule has 188 valence electrons. The van der Waals surface area contributed by atoms with Crippen LogP contribution in [0.1, 0.15) is 32.1 Å². The van der Waals surface area contributed by atoms with Crippen LogP contribution in [0.25, 0.3) is 56.0 Å². The zero-order valence-electron chi connectivity index (χ0n) is 20.6. The van der Waals surface area contributed by atoms with Gasteiger partial charge in [0.15, 0.2) is 11.5 Å².